The van der Waals surface area contributed by atoms with Crippen molar-refractivity contribution < 1.29 is 4.42 Å². The number of benzene rings is 1. The fourth-order valence-corrected chi connectivity index (χ4v) is 2.47. The molecule has 3 aromatic rings. The summed E-state index contributed by atoms with van der Waals surface area (Å²) >= 11 is 0. The van der Waals surface area contributed by atoms with Gasteiger partial charge in [-0.2, -0.15) is 0 Å². The van der Waals surface area contributed by atoms with Gasteiger partial charge in [-0.05, 0) is 48.2 Å². The Bertz CT molecular complexity index is 710. The fraction of sp³-hybridized carbons (Fsp3) is 0.312. The van der Waals surface area contributed by atoms with Crippen molar-refractivity contribution in [1.29, 1.82) is 0 Å². The molecule has 0 aliphatic carbocycles. The number of rotatable bonds is 4. The SMILES string of the molecule is CC(C)(CCN)c1ccc2nc(-c3ccco3)[nH]c2c1. The maximum absolute atomic E-state index is 5.70. The van der Waals surface area contributed by atoms with E-state index in [4.69, 9.17) is 10.2 Å². The van der Waals surface area contributed by atoms with Crippen molar-refractivity contribution >= 4 is 11.0 Å². The fourth-order valence-electron chi connectivity index (χ4n) is 2.47. The van der Waals surface area contributed by atoms with Crippen molar-refractivity contribution in [2.45, 2.75) is 25.7 Å². The first-order chi connectivity index (χ1) is 9.60. The predicted molar refractivity (Wildman–Crippen MR) is 80.5 cm³/mol. The maximum atomic E-state index is 5.70. The average molecular weight is 269 g/mol. The number of nitrogens with two attached hydrogens (primary N) is 1. The highest BCUT2D eigenvalue weighted by Gasteiger charge is 2.20. The molecule has 2 aromatic heterocycles. The number of nitrogens with zero attached hydrogens (tertiary/aromatic N) is 1. The van der Waals surface area contributed by atoms with Crippen molar-refractivity contribution in [2.75, 3.05) is 6.54 Å². The summed E-state index contributed by atoms with van der Waals surface area (Å²) in [5, 5.41) is 0. The number of imidazole rings is 1. The van der Waals surface area contributed by atoms with E-state index in [9.17, 15) is 0 Å². The van der Waals surface area contributed by atoms with E-state index >= 15 is 0 Å². The van der Waals surface area contributed by atoms with Gasteiger partial charge >= 0.3 is 0 Å². The first-order valence-electron chi connectivity index (χ1n) is 6.84. The zero-order chi connectivity index (χ0) is 14.2. The molecule has 20 heavy (non-hydrogen) atoms. The van der Waals surface area contributed by atoms with Gasteiger partial charge in [-0.1, -0.05) is 19.9 Å². The van der Waals surface area contributed by atoms with Crippen LogP contribution in [-0.4, -0.2) is 16.5 Å². The van der Waals surface area contributed by atoms with Gasteiger partial charge < -0.3 is 15.1 Å². The minimum absolute atomic E-state index is 0.0683. The van der Waals surface area contributed by atoms with Crippen LogP contribution in [0, 0.1) is 0 Å². The molecule has 0 amide bonds. The van der Waals surface area contributed by atoms with Crippen LogP contribution in [-0.2, 0) is 5.41 Å². The standard InChI is InChI=1S/C16H19N3O/c1-16(2,7-8-17)11-5-6-12-13(10-11)19-15(18-12)14-4-3-9-20-14/h3-6,9-10H,7-8,17H2,1-2H3,(H,18,19). The third kappa shape index (κ3) is 2.23. The first kappa shape index (κ1) is 12.9. The highest BCUT2D eigenvalue weighted by atomic mass is 16.3. The van der Waals surface area contributed by atoms with Crippen LogP contribution in [0.5, 0.6) is 0 Å². The van der Waals surface area contributed by atoms with E-state index in [1.165, 1.54) is 5.56 Å². The van der Waals surface area contributed by atoms with E-state index in [1.807, 2.05) is 18.2 Å². The summed E-state index contributed by atoms with van der Waals surface area (Å²) in [6.45, 7) is 5.11. The normalized spacial score (nSPS) is 12.2. The smallest absolute Gasteiger partial charge is 0.174 e. The number of H-pyrrole nitrogens is 1. The Morgan fingerprint density at radius 2 is 2.15 bits per heavy atom. The zero-order valence-electron chi connectivity index (χ0n) is 11.8. The minimum Gasteiger partial charge on any atom is -0.461 e. The van der Waals surface area contributed by atoms with Gasteiger partial charge in [0.25, 0.3) is 0 Å². The summed E-state index contributed by atoms with van der Waals surface area (Å²) in [6.07, 6.45) is 2.61. The van der Waals surface area contributed by atoms with Crippen LogP contribution < -0.4 is 5.73 Å². The highest BCUT2D eigenvalue weighted by Crippen LogP contribution is 2.29. The lowest BCUT2D eigenvalue weighted by molar-refractivity contribution is 0.488. The summed E-state index contributed by atoms with van der Waals surface area (Å²) in [5.74, 6) is 1.52. The van der Waals surface area contributed by atoms with Gasteiger partial charge in [0.05, 0.1) is 17.3 Å². The Labute approximate surface area is 118 Å². The Morgan fingerprint density at radius 1 is 1.30 bits per heavy atom. The molecule has 0 bridgehead atoms. The second-order valence-electron chi connectivity index (χ2n) is 5.72. The van der Waals surface area contributed by atoms with Crippen LogP contribution in [0.2, 0.25) is 0 Å². The second-order valence-corrected chi connectivity index (χ2v) is 5.72. The maximum Gasteiger partial charge on any atom is 0.174 e. The molecule has 0 fully saturated rings. The summed E-state index contributed by atoms with van der Waals surface area (Å²) in [6, 6.07) is 10.1. The highest BCUT2D eigenvalue weighted by molar-refractivity contribution is 5.79. The van der Waals surface area contributed by atoms with Crippen LogP contribution in [0.3, 0.4) is 0 Å². The van der Waals surface area contributed by atoms with Crippen LogP contribution >= 0.6 is 0 Å². The molecule has 0 aliphatic heterocycles. The molecule has 3 N–H and O–H groups in total. The molecule has 0 atom stereocenters. The molecule has 0 saturated heterocycles. The Kier molecular flexibility index (Phi) is 3.10. The largest absolute Gasteiger partial charge is 0.461 e. The topological polar surface area (TPSA) is 67.8 Å². The number of fused-ring (bicyclic) bond motifs is 1. The quantitative estimate of drug-likeness (QED) is 0.762. The Morgan fingerprint density at radius 3 is 2.85 bits per heavy atom. The van der Waals surface area contributed by atoms with Gasteiger partial charge in [0.1, 0.15) is 0 Å². The molecule has 4 heteroatoms. The monoisotopic (exact) mass is 269 g/mol. The Hall–Kier alpha value is -2.07. The average Bonchev–Trinajstić information content (AvgIpc) is 3.06. The van der Waals surface area contributed by atoms with E-state index in [0.29, 0.717) is 6.54 Å². The number of furan rings is 1. The summed E-state index contributed by atoms with van der Waals surface area (Å²) < 4.78 is 5.37. The van der Waals surface area contributed by atoms with Gasteiger partial charge in [0.15, 0.2) is 11.6 Å². The number of aromatic amines is 1. The van der Waals surface area contributed by atoms with E-state index in [2.05, 4.69) is 35.9 Å². The minimum atomic E-state index is 0.0683. The molecule has 0 unspecified atom stereocenters. The van der Waals surface area contributed by atoms with Crippen LogP contribution in [0.1, 0.15) is 25.8 Å². The molecule has 0 aliphatic rings. The van der Waals surface area contributed by atoms with E-state index in [-0.39, 0.29) is 5.41 Å². The van der Waals surface area contributed by atoms with Gasteiger partial charge in [-0.3, -0.25) is 0 Å². The molecule has 2 heterocycles. The molecule has 4 nitrogen and oxygen atoms in total. The lowest BCUT2D eigenvalue weighted by Crippen LogP contribution is -2.21. The van der Waals surface area contributed by atoms with Crippen LogP contribution in [0.25, 0.3) is 22.6 Å². The number of nitrogens with one attached hydrogen (secondary N) is 1. The molecule has 0 saturated carbocycles. The van der Waals surface area contributed by atoms with Crippen LogP contribution in [0.15, 0.2) is 41.0 Å². The van der Waals surface area contributed by atoms with E-state index in [0.717, 1.165) is 29.0 Å². The Balaban J connectivity index is 2.04. The lowest BCUT2D eigenvalue weighted by atomic mass is 9.81. The summed E-state index contributed by atoms with van der Waals surface area (Å²) in [5.41, 5.74) is 9.01. The van der Waals surface area contributed by atoms with Crippen molar-refractivity contribution in [2.24, 2.45) is 5.73 Å². The molecular formula is C16H19N3O. The third-order valence-electron chi connectivity index (χ3n) is 3.79. The molecule has 3 rings (SSSR count). The molecule has 0 spiro atoms. The molecule has 0 radical (unpaired) electrons. The van der Waals surface area contributed by atoms with Crippen molar-refractivity contribution in [3.05, 3.63) is 42.2 Å². The molecular weight excluding hydrogens is 250 g/mol. The van der Waals surface area contributed by atoms with E-state index < -0.39 is 0 Å². The number of hydrogen-bond donors (Lipinski definition) is 2. The molecule has 104 valence electrons. The van der Waals surface area contributed by atoms with Gasteiger partial charge in [-0.25, -0.2) is 4.98 Å². The van der Waals surface area contributed by atoms with Crippen molar-refractivity contribution in [3.63, 3.8) is 0 Å². The van der Waals surface area contributed by atoms with Crippen molar-refractivity contribution in [1.82, 2.24) is 9.97 Å². The third-order valence-corrected chi connectivity index (χ3v) is 3.79. The zero-order valence-corrected chi connectivity index (χ0v) is 11.8. The van der Waals surface area contributed by atoms with Gasteiger partial charge in [-0.15, -0.1) is 0 Å². The van der Waals surface area contributed by atoms with Crippen molar-refractivity contribution in [3.8, 4) is 11.6 Å². The first-order valence-corrected chi connectivity index (χ1v) is 6.84. The predicted octanol–water partition coefficient (Wildman–Crippen LogP) is 3.45. The summed E-state index contributed by atoms with van der Waals surface area (Å²) in [7, 11) is 0. The van der Waals surface area contributed by atoms with Crippen LogP contribution in [0.4, 0.5) is 0 Å². The lowest BCUT2D eigenvalue weighted by Gasteiger charge is -2.24. The van der Waals surface area contributed by atoms with Gasteiger partial charge in [0.2, 0.25) is 0 Å². The summed E-state index contributed by atoms with van der Waals surface area (Å²) in [4.78, 5) is 7.87. The number of hydrogen-bond acceptors (Lipinski definition) is 3. The second kappa shape index (κ2) is 4.80. The molecule has 1 aromatic carbocycles. The van der Waals surface area contributed by atoms with Gasteiger partial charge in [0, 0.05) is 0 Å². The number of aromatic nitrogens is 2. The van der Waals surface area contributed by atoms with E-state index in [1.54, 1.807) is 6.26 Å².